The zero-order valence-electron chi connectivity index (χ0n) is 11.7. The SMILES string of the molecule is Cc1cc(C=CC(=O)O)ccc1NC(=O)c1cnn(C)c1. The van der Waals surface area contributed by atoms with Crippen LogP contribution < -0.4 is 5.32 Å². The Balaban J connectivity index is 2.14. The highest BCUT2D eigenvalue weighted by Crippen LogP contribution is 2.18. The van der Waals surface area contributed by atoms with E-state index in [0.29, 0.717) is 11.3 Å². The molecule has 0 aliphatic rings. The molecule has 0 fully saturated rings. The van der Waals surface area contributed by atoms with Crippen LogP contribution in [-0.4, -0.2) is 26.8 Å². The molecule has 0 radical (unpaired) electrons. The van der Waals surface area contributed by atoms with E-state index in [2.05, 4.69) is 10.4 Å². The van der Waals surface area contributed by atoms with Gasteiger partial charge >= 0.3 is 5.97 Å². The van der Waals surface area contributed by atoms with Crippen LogP contribution in [-0.2, 0) is 11.8 Å². The number of aryl methyl sites for hydroxylation is 2. The zero-order chi connectivity index (χ0) is 15.4. The summed E-state index contributed by atoms with van der Waals surface area (Å²) in [7, 11) is 1.74. The van der Waals surface area contributed by atoms with Crippen molar-refractivity contribution < 1.29 is 14.7 Å². The minimum atomic E-state index is -0.999. The van der Waals surface area contributed by atoms with E-state index in [1.807, 2.05) is 6.92 Å². The molecule has 0 atom stereocenters. The number of benzene rings is 1. The average molecular weight is 285 g/mol. The van der Waals surface area contributed by atoms with Crippen molar-refractivity contribution in [2.75, 3.05) is 5.32 Å². The predicted molar refractivity (Wildman–Crippen MR) is 79.0 cm³/mol. The predicted octanol–water partition coefficient (Wildman–Crippen LogP) is 2.08. The summed E-state index contributed by atoms with van der Waals surface area (Å²) < 4.78 is 1.56. The fraction of sp³-hybridized carbons (Fsp3) is 0.133. The first-order valence-electron chi connectivity index (χ1n) is 6.27. The first-order valence-corrected chi connectivity index (χ1v) is 6.27. The van der Waals surface area contributed by atoms with Crippen molar-refractivity contribution in [3.8, 4) is 0 Å². The summed E-state index contributed by atoms with van der Waals surface area (Å²) in [4.78, 5) is 22.5. The Labute approximate surface area is 121 Å². The van der Waals surface area contributed by atoms with E-state index in [0.717, 1.165) is 17.2 Å². The molecule has 21 heavy (non-hydrogen) atoms. The number of amides is 1. The second-order valence-corrected chi connectivity index (χ2v) is 4.60. The lowest BCUT2D eigenvalue weighted by molar-refractivity contribution is -0.131. The number of anilines is 1. The van der Waals surface area contributed by atoms with Crippen LogP contribution in [0.5, 0.6) is 0 Å². The highest BCUT2D eigenvalue weighted by molar-refractivity contribution is 6.04. The Morgan fingerprint density at radius 1 is 1.38 bits per heavy atom. The number of carboxylic acid groups (broad SMARTS) is 1. The Morgan fingerprint density at radius 3 is 2.71 bits per heavy atom. The van der Waals surface area contributed by atoms with Gasteiger partial charge in [0.15, 0.2) is 0 Å². The number of carboxylic acids is 1. The van der Waals surface area contributed by atoms with Crippen LogP contribution in [0, 0.1) is 6.92 Å². The Kier molecular flexibility index (Phi) is 4.18. The third kappa shape index (κ3) is 3.79. The lowest BCUT2D eigenvalue weighted by atomic mass is 10.1. The topological polar surface area (TPSA) is 84.2 Å². The van der Waals surface area contributed by atoms with E-state index in [9.17, 15) is 9.59 Å². The standard InChI is InChI=1S/C15H15N3O3/c1-10-7-11(4-6-14(19)20)3-5-13(10)17-15(21)12-8-16-18(2)9-12/h3-9H,1-2H3,(H,17,21)(H,19,20). The molecule has 0 aliphatic heterocycles. The molecule has 2 N–H and O–H groups in total. The van der Waals surface area contributed by atoms with E-state index in [-0.39, 0.29) is 5.91 Å². The van der Waals surface area contributed by atoms with Crippen molar-refractivity contribution in [3.05, 3.63) is 53.4 Å². The third-order valence-electron chi connectivity index (χ3n) is 2.88. The van der Waals surface area contributed by atoms with E-state index >= 15 is 0 Å². The maximum absolute atomic E-state index is 12.0. The van der Waals surface area contributed by atoms with E-state index in [1.165, 1.54) is 12.3 Å². The summed E-state index contributed by atoms with van der Waals surface area (Å²) in [5.74, 6) is -1.23. The number of carbonyl (C=O) groups is 2. The van der Waals surface area contributed by atoms with Crippen LogP contribution in [0.25, 0.3) is 6.08 Å². The van der Waals surface area contributed by atoms with E-state index in [1.54, 1.807) is 36.1 Å². The fourth-order valence-electron chi connectivity index (χ4n) is 1.83. The van der Waals surface area contributed by atoms with Crippen molar-refractivity contribution in [2.24, 2.45) is 7.05 Å². The van der Waals surface area contributed by atoms with Gasteiger partial charge in [0.25, 0.3) is 5.91 Å². The number of aliphatic carboxylic acids is 1. The van der Waals surface area contributed by atoms with Gasteiger partial charge in [-0.25, -0.2) is 4.79 Å². The van der Waals surface area contributed by atoms with Gasteiger partial charge in [-0.15, -0.1) is 0 Å². The largest absolute Gasteiger partial charge is 0.478 e. The number of rotatable bonds is 4. The Bertz CT molecular complexity index is 717. The lowest BCUT2D eigenvalue weighted by Gasteiger charge is -2.08. The van der Waals surface area contributed by atoms with Gasteiger partial charge in [-0.3, -0.25) is 9.48 Å². The molecular formula is C15H15N3O3. The molecule has 1 heterocycles. The lowest BCUT2D eigenvalue weighted by Crippen LogP contribution is -2.12. The summed E-state index contributed by atoms with van der Waals surface area (Å²) in [6, 6.07) is 5.29. The number of carbonyl (C=O) groups excluding carboxylic acids is 1. The van der Waals surface area contributed by atoms with Crippen LogP contribution in [0.4, 0.5) is 5.69 Å². The number of nitrogens with zero attached hydrogens (tertiary/aromatic N) is 2. The molecule has 2 rings (SSSR count). The van der Waals surface area contributed by atoms with Crippen LogP contribution >= 0.6 is 0 Å². The van der Waals surface area contributed by atoms with Gasteiger partial charge in [0.2, 0.25) is 0 Å². The van der Waals surface area contributed by atoms with Gasteiger partial charge in [-0.2, -0.15) is 5.10 Å². The van der Waals surface area contributed by atoms with Crippen molar-refractivity contribution in [2.45, 2.75) is 6.92 Å². The van der Waals surface area contributed by atoms with Gasteiger partial charge in [0.05, 0.1) is 11.8 Å². The first-order chi connectivity index (χ1) is 9.95. The van der Waals surface area contributed by atoms with E-state index < -0.39 is 5.97 Å². The second kappa shape index (κ2) is 6.04. The zero-order valence-corrected chi connectivity index (χ0v) is 11.7. The number of hydrogen-bond acceptors (Lipinski definition) is 3. The maximum atomic E-state index is 12.0. The molecule has 0 aliphatic carbocycles. The van der Waals surface area contributed by atoms with Crippen molar-refractivity contribution in [1.82, 2.24) is 9.78 Å². The highest BCUT2D eigenvalue weighted by atomic mass is 16.4. The van der Waals surface area contributed by atoms with E-state index in [4.69, 9.17) is 5.11 Å². The van der Waals surface area contributed by atoms with Gasteiger partial charge in [0.1, 0.15) is 0 Å². The van der Waals surface area contributed by atoms with Gasteiger partial charge < -0.3 is 10.4 Å². The molecule has 0 unspecified atom stereocenters. The highest BCUT2D eigenvalue weighted by Gasteiger charge is 2.09. The monoisotopic (exact) mass is 285 g/mol. The smallest absolute Gasteiger partial charge is 0.328 e. The molecule has 2 aromatic rings. The molecule has 1 amide bonds. The summed E-state index contributed by atoms with van der Waals surface area (Å²) in [5.41, 5.74) is 2.76. The summed E-state index contributed by atoms with van der Waals surface area (Å²) >= 11 is 0. The molecule has 1 aromatic heterocycles. The van der Waals surface area contributed by atoms with Crippen molar-refractivity contribution in [3.63, 3.8) is 0 Å². The molecule has 0 bridgehead atoms. The minimum Gasteiger partial charge on any atom is -0.478 e. The van der Waals surface area contributed by atoms with Crippen LogP contribution in [0.3, 0.4) is 0 Å². The third-order valence-corrected chi connectivity index (χ3v) is 2.88. The molecule has 1 aromatic carbocycles. The summed E-state index contributed by atoms with van der Waals surface area (Å²) in [6.45, 7) is 1.84. The first kappa shape index (κ1) is 14.5. The fourth-order valence-corrected chi connectivity index (χ4v) is 1.83. The molecule has 6 nitrogen and oxygen atoms in total. The number of nitrogens with one attached hydrogen (secondary N) is 1. The minimum absolute atomic E-state index is 0.236. The van der Waals surface area contributed by atoms with Crippen LogP contribution in [0.15, 0.2) is 36.7 Å². The average Bonchev–Trinajstić information content (AvgIpc) is 2.86. The van der Waals surface area contributed by atoms with Crippen LogP contribution in [0.2, 0.25) is 0 Å². The normalized spacial score (nSPS) is 10.8. The molecular weight excluding hydrogens is 270 g/mol. The molecule has 0 saturated carbocycles. The molecule has 108 valence electrons. The number of aromatic nitrogens is 2. The summed E-state index contributed by atoms with van der Waals surface area (Å²) in [5, 5.41) is 15.3. The maximum Gasteiger partial charge on any atom is 0.328 e. The quantitative estimate of drug-likeness (QED) is 0.842. The molecule has 0 saturated heterocycles. The Morgan fingerprint density at radius 2 is 2.14 bits per heavy atom. The van der Waals surface area contributed by atoms with Gasteiger partial charge in [-0.1, -0.05) is 6.07 Å². The van der Waals surface area contributed by atoms with Crippen LogP contribution in [0.1, 0.15) is 21.5 Å². The number of hydrogen-bond donors (Lipinski definition) is 2. The molecule has 6 heteroatoms. The van der Waals surface area contributed by atoms with Gasteiger partial charge in [-0.05, 0) is 36.3 Å². The second-order valence-electron chi connectivity index (χ2n) is 4.60. The van der Waals surface area contributed by atoms with Gasteiger partial charge in [0, 0.05) is 25.0 Å². The molecule has 0 spiro atoms. The van der Waals surface area contributed by atoms with Crippen molar-refractivity contribution >= 4 is 23.6 Å². The Hall–Kier alpha value is -2.89. The summed E-state index contributed by atoms with van der Waals surface area (Å²) in [6.07, 6.45) is 5.70. The van der Waals surface area contributed by atoms with Crippen molar-refractivity contribution in [1.29, 1.82) is 0 Å².